The van der Waals surface area contributed by atoms with E-state index < -0.39 is 28.9 Å². The molecule has 3 rings (SSSR count). The normalized spacial score (nSPS) is 12.1. The van der Waals surface area contributed by atoms with Gasteiger partial charge in [0.25, 0.3) is 0 Å². The molecule has 33 heavy (non-hydrogen) atoms. The molecule has 12 heteroatoms. The summed E-state index contributed by atoms with van der Waals surface area (Å²) in [7, 11) is 0. The number of benzene rings is 2. The second-order valence-electron chi connectivity index (χ2n) is 6.85. The molecule has 8 nitrogen and oxygen atoms in total. The highest BCUT2D eigenvalue weighted by Gasteiger charge is 2.33. The average Bonchev–Trinajstić information content (AvgIpc) is 2.74. The zero-order chi connectivity index (χ0) is 24.0. The molecule has 0 saturated heterocycles. The van der Waals surface area contributed by atoms with E-state index in [0.29, 0.717) is 17.4 Å². The smallest absolute Gasteiger partial charge is 0.417 e. The summed E-state index contributed by atoms with van der Waals surface area (Å²) in [4.78, 5) is 20.3. The van der Waals surface area contributed by atoms with E-state index in [1.807, 2.05) is 0 Å². The predicted octanol–water partition coefficient (Wildman–Crippen LogP) is 5.38. The van der Waals surface area contributed by atoms with E-state index in [1.165, 1.54) is 12.3 Å². The fourth-order valence-electron chi connectivity index (χ4n) is 2.56. The first kappa shape index (κ1) is 24.1. The zero-order valence-corrected chi connectivity index (χ0v) is 17.9. The number of urea groups is 1. The second kappa shape index (κ2) is 10.4. The van der Waals surface area contributed by atoms with E-state index in [9.17, 15) is 23.1 Å². The molecular weight excluding hydrogens is 463 g/mol. The summed E-state index contributed by atoms with van der Waals surface area (Å²) in [6, 6.07) is 10.1. The van der Waals surface area contributed by atoms with Gasteiger partial charge in [0.1, 0.15) is 5.75 Å². The number of aromatic nitrogens is 2. The molecule has 2 amide bonds. The number of carbonyl (C=O) groups is 1. The van der Waals surface area contributed by atoms with Crippen LogP contribution in [0, 0.1) is 0 Å². The third-order valence-electron chi connectivity index (χ3n) is 4.05. The van der Waals surface area contributed by atoms with Crippen molar-refractivity contribution in [2.75, 3.05) is 22.5 Å². The number of halogens is 4. The molecule has 0 radical (unpaired) electrons. The van der Waals surface area contributed by atoms with Gasteiger partial charge in [-0.15, -0.1) is 0 Å². The number of amides is 2. The van der Waals surface area contributed by atoms with Crippen molar-refractivity contribution in [1.82, 2.24) is 9.97 Å². The molecule has 0 aliphatic carbocycles. The number of aliphatic hydroxyl groups excluding tert-OH is 1. The summed E-state index contributed by atoms with van der Waals surface area (Å²) in [5, 5.41) is 16.6. The molecule has 174 valence electrons. The summed E-state index contributed by atoms with van der Waals surface area (Å²) in [5.74, 6) is 0.979. The van der Waals surface area contributed by atoms with Crippen LogP contribution in [0.15, 0.2) is 54.7 Å². The molecule has 1 atom stereocenters. The fraction of sp³-hybridized carbons (Fsp3) is 0.190. The quantitative estimate of drug-likeness (QED) is 0.361. The molecule has 0 saturated carbocycles. The molecule has 0 fully saturated rings. The molecule has 1 heterocycles. The van der Waals surface area contributed by atoms with Crippen LogP contribution in [0.3, 0.4) is 0 Å². The minimum absolute atomic E-state index is 0.0621. The number of nitrogens with zero attached hydrogens (tertiary/aromatic N) is 2. The maximum absolute atomic E-state index is 13.0. The van der Waals surface area contributed by atoms with E-state index in [2.05, 4.69) is 25.9 Å². The number of hydrogen-bond donors (Lipinski definition) is 4. The van der Waals surface area contributed by atoms with Gasteiger partial charge in [-0.1, -0.05) is 11.6 Å². The number of anilines is 3. The first-order chi connectivity index (χ1) is 15.6. The molecule has 1 unspecified atom stereocenters. The Kier molecular flexibility index (Phi) is 7.56. The van der Waals surface area contributed by atoms with Gasteiger partial charge in [0, 0.05) is 30.2 Å². The lowest BCUT2D eigenvalue weighted by molar-refractivity contribution is -0.137. The third-order valence-corrected chi connectivity index (χ3v) is 4.38. The molecule has 0 bridgehead atoms. The van der Waals surface area contributed by atoms with Crippen LogP contribution >= 0.6 is 11.6 Å². The minimum atomic E-state index is -4.64. The lowest BCUT2D eigenvalue weighted by Gasteiger charge is -2.12. The van der Waals surface area contributed by atoms with Gasteiger partial charge in [-0.25, -0.2) is 9.78 Å². The van der Waals surface area contributed by atoms with Crippen molar-refractivity contribution in [2.24, 2.45) is 0 Å². The predicted molar refractivity (Wildman–Crippen MR) is 118 cm³/mol. The molecular formula is C21H19ClF3N5O3. The Morgan fingerprint density at radius 1 is 1.12 bits per heavy atom. The van der Waals surface area contributed by atoms with Crippen molar-refractivity contribution in [3.05, 3.63) is 65.3 Å². The highest BCUT2D eigenvalue weighted by Crippen LogP contribution is 2.36. The monoisotopic (exact) mass is 481 g/mol. The van der Waals surface area contributed by atoms with Crippen molar-refractivity contribution >= 4 is 35.0 Å². The van der Waals surface area contributed by atoms with Crippen LogP contribution in [0.25, 0.3) is 0 Å². The number of alkyl halides is 3. The topological polar surface area (TPSA) is 108 Å². The highest BCUT2D eigenvalue weighted by molar-refractivity contribution is 6.31. The van der Waals surface area contributed by atoms with Gasteiger partial charge in [-0.3, -0.25) is 0 Å². The highest BCUT2D eigenvalue weighted by atomic mass is 35.5. The fourth-order valence-corrected chi connectivity index (χ4v) is 2.79. The van der Waals surface area contributed by atoms with Gasteiger partial charge in [0.05, 0.1) is 16.7 Å². The SMILES string of the molecule is CC(O)CNc1nccc(Oc2ccc(NC(=O)Nc3ccc(Cl)c(C(F)(F)F)c3)cc2)n1. The minimum Gasteiger partial charge on any atom is -0.439 e. The zero-order valence-electron chi connectivity index (χ0n) is 17.2. The van der Waals surface area contributed by atoms with Crippen molar-refractivity contribution in [1.29, 1.82) is 0 Å². The van der Waals surface area contributed by atoms with Crippen molar-refractivity contribution in [3.8, 4) is 11.6 Å². The summed E-state index contributed by atoms with van der Waals surface area (Å²) < 4.78 is 44.5. The van der Waals surface area contributed by atoms with Gasteiger partial charge in [-0.05, 0) is 49.4 Å². The first-order valence-electron chi connectivity index (χ1n) is 9.58. The second-order valence-corrected chi connectivity index (χ2v) is 7.25. The summed E-state index contributed by atoms with van der Waals surface area (Å²) in [6.07, 6.45) is -3.71. The van der Waals surface area contributed by atoms with Crippen molar-refractivity contribution in [2.45, 2.75) is 19.2 Å². The number of hydrogen-bond acceptors (Lipinski definition) is 6. The molecule has 0 aliphatic rings. The average molecular weight is 482 g/mol. The van der Waals surface area contributed by atoms with Gasteiger partial charge >= 0.3 is 12.2 Å². The van der Waals surface area contributed by atoms with Crippen molar-refractivity contribution in [3.63, 3.8) is 0 Å². The van der Waals surface area contributed by atoms with E-state index in [0.717, 1.165) is 12.1 Å². The van der Waals surface area contributed by atoms with Crippen molar-refractivity contribution < 1.29 is 27.8 Å². The van der Waals surface area contributed by atoms with Crippen LogP contribution in [0.1, 0.15) is 12.5 Å². The van der Waals surface area contributed by atoms with Gasteiger partial charge < -0.3 is 25.8 Å². The Balaban J connectivity index is 1.59. The van der Waals surface area contributed by atoms with E-state index in [-0.39, 0.29) is 18.1 Å². The first-order valence-corrected chi connectivity index (χ1v) is 9.95. The Hall–Kier alpha value is -3.57. The maximum Gasteiger partial charge on any atom is 0.417 e. The summed E-state index contributed by atoms with van der Waals surface area (Å²) in [5.41, 5.74) is -0.725. The number of aliphatic hydroxyl groups is 1. The standard InChI is InChI=1S/C21H19ClF3N5O3/c1-12(31)11-27-19-26-9-8-18(30-19)33-15-5-2-13(3-6-15)28-20(32)29-14-4-7-17(22)16(10-14)21(23,24)25/h2-10,12,31H,11H2,1H3,(H,26,27,30)(H2,28,29,32). The van der Waals surface area contributed by atoms with Crippen LogP contribution < -0.4 is 20.7 Å². The van der Waals surface area contributed by atoms with Crippen LogP contribution in [0.5, 0.6) is 11.6 Å². The van der Waals surface area contributed by atoms with Crippen LogP contribution in [-0.4, -0.2) is 33.8 Å². The lowest BCUT2D eigenvalue weighted by Crippen LogP contribution is -2.19. The summed E-state index contributed by atoms with van der Waals surface area (Å²) in [6.45, 7) is 1.90. The van der Waals surface area contributed by atoms with Crippen LogP contribution in [-0.2, 0) is 6.18 Å². The number of nitrogens with one attached hydrogen (secondary N) is 3. The molecule has 0 spiro atoms. The molecule has 3 aromatic rings. The number of ether oxygens (including phenoxy) is 1. The number of rotatable bonds is 7. The molecule has 0 aliphatic heterocycles. The van der Waals surface area contributed by atoms with E-state index in [4.69, 9.17) is 16.3 Å². The lowest BCUT2D eigenvalue weighted by atomic mass is 10.2. The summed E-state index contributed by atoms with van der Waals surface area (Å²) >= 11 is 5.58. The molecule has 2 aromatic carbocycles. The van der Waals surface area contributed by atoms with E-state index >= 15 is 0 Å². The van der Waals surface area contributed by atoms with Gasteiger partial charge in [0.2, 0.25) is 11.8 Å². The Morgan fingerprint density at radius 3 is 2.45 bits per heavy atom. The number of carbonyl (C=O) groups excluding carboxylic acids is 1. The van der Waals surface area contributed by atoms with Crippen LogP contribution in [0.2, 0.25) is 5.02 Å². The van der Waals surface area contributed by atoms with Gasteiger partial charge in [0.15, 0.2) is 0 Å². The third kappa shape index (κ3) is 7.22. The molecule has 4 N–H and O–H groups in total. The van der Waals surface area contributed by atoms with E-state index in [1.54, 1.807) is 37.3 Å². The Bertz CT molecular complexity index is 1110. The van der Waals surface area contributed by atoms with Gasteiger partial charge in [-0.2, -0.15) is 18.2 Å². The largest absolute Gasteiger partial charge is 0.439 e. The van der Waals surface area contributed by atoms with Crippen LogP contribution in [0.4, 0.5) is 35.3 Å². The Labute approximate surface area is 191 Å². The molecule has 1 aromatic heterocycles. The maximum atomic E-state index is 13.0. The Morgan fingerprint density at radius 2 is 1.79 bits per heavy atom.